The minimum atomic E-state index is -0.957. The van der Waals surface area contributed by atoms with Gasteiger partial charge < -0.3 is 25.7 Å². The Kier molecular flexibility index (Phi) is 12.3. The molecule has 3 amide bonds. The van der Waals surface area contributed by atoms with Crippen LogP contribution in [0.25, 0.3) is 0 Å². The quantitative estimate of drug-likeness (QED) is 0.0972. The van der Waals surface area contributed by atoms with E-state index in [9.17, 15) is 24.0 Å². The van der Waals surface area contributed by atoms with Gasteiger partial charge in [-0.15, -0.1) is 11.3 Å². The van der Waals surface area contributed by atoms with Crippen molar-refractivity contribution in [1.29, 1.82) is 0 Å². The summed E-state index contributed by atoms with van der Waals surface area (Å²) in [5.41, 5.74) is 6.20. The number of hydrogen-bond acceptors (Lipinski definition) is 7. The Labute approximate surface area is 330 Å². The Morgan fingerprint density at radius 2 is 1.38 bits per heavy atom. The average molecular weight is 777 g/mol. The monoisotopic (exact) mass is 776 g/mol. The number of hydrogen-bond donors (Lipinski definition) is 4. The van der Waals surface area contributed by atoms with Gasteiger partial charge in [-0.3, -0.25) is 24.1 Å². The van der Waals surface area contributed by atoms with E-state index >= 15 is 0 Å². The Morgan fingerprint density at radius 1 is 0.714 bits per heavy atom. The zero-order valence-corrected chi connectivity index (χ0v) is 32.2. The molecule has 3 aliphatic rings. The first-order chi connectivity index (χ1) is 27.1. The maximum Gasteiger partial charge on any atom is 0.335 e. The molecule has 0 radical (unpaired) electrons. The number of fused-ring (bicyclic) bond motifs is 1. The van der Waals surface area contributed by atoms with Crippen molar-refractivity contribution in [2.75, 3.05) is 23.7 Å². The number of likely N-dealkylation sites (tertiary alicyclic amines) is 1. The van der Waals surface area contributed by atoms with Crippen LogP contribution in [0.3, 0.4) is 0 Å². The molecule has 4 aromatic rings. The molecule has 3 aromatic carbocycles. The number of benzene rings is 3. The lowest BCUT2D eigenvalue weighted by atomic mass is 9.95. The van der Waals surface area contributed by atoms with Gasteiger partial charge in [-0.05, 0) is 123 Å². The molecule has 2 aliphatic carbocycles. The number of aromatic carboxylic acids is 1. The second-order valence-corrected chi connectivity index (χ2v) is 16.2. The highest BCUT2D eigenvalue weighted by Gasteiger charge is 2.36. The van der Waals surface area contributed by atoms with Gasteiger partial charge in [-0.1, -0.05) is 36.4 Å². The van der Waals surface area contributed by atoms with Crippen LogP contribution in [0.2, 0.25) is 0 Å². The summed E-state index contributed by atoms with van der Waals surface area (Å²) < 4.78 is 0. The summed E-state index contributed by atoms with van der Waals surface area (Å²) in [6.45, 7) is 1.94. The highest BCUT2D eigenvalue weighted by molar-refractivity contribution is 7.17. The molecular formula is C44H48N4O7S. The topological polar surface area (TPSA) is 156 Å². The van der Waals surface area contributed by atoms with Gasteiger partial charge in [0.25, 0.3) is 11.8 Å². The summed E-state index contributed by atoms with van der Waals surface area (Å²) >= 11 is 1.49. The summed E-state index contributed by atoms with van der Waals surface area (Å²) in [7, 11) is 0. The van der Waals surface area contributed by atoms with Crippen molar-refractivity contribution in [1.82, 2.24) is 9.80 Å². The molecule has 1 aromatic heterocycles. The van der Waals surface area contributed by atoms with Crippen LogP contribution >= 0.6 is 11.3 Å². The van der Waals surface area contributed by atoms with Crippen LogP contribution in [0.4, 0.5) is 10.7 Å². The summed E-state index contributed by atoms with van der Waals surface area (Å²) in [4.78, 5) is 67.8. The minimum absolute atomic E-state index is 0.0351. The van der Waals surface area contributed by atoms with Gasteiger partial charge in [0.2, 0.25) is 5.91 Å². The van der Waals surface area contributed by atoms with E-state index in [1.165, 1.54) is 11.3 Å². The maximum absolute atomic E-state index is 13.9. The summed E-state index contributed by atoms with van der Waals surface area (Å²) in [6.07, 6.45) is 9.06. The lowest BCUT2D eigenvalue weighted by molar-refractivity contribution is -0.141. The lowest BCUT2D eigenvalue weighted by Gasteiger charge is -2.39. The Morgan fingerprint density at radius 3 is 2.04 bits per heavy atom. The standard InChI is InChI=1S/C44H48N4O7S/c49-38(20-21-39(50)51)47-24-22-35(23-25-47)48(34-18-19-34)27-30-4-3-5-32(26-30)41(52)46-43-40(36-6-1-2-7-37(36)56-43)42(53)45-33-16-12-29(13-17-33)9-8-28-10-14-31(15-11-28)44(54)55/h3-5,10-17,26,34-35H,1-2,6-9,18-25,27H2,(H,45,53)(H,46,52)(H,50,51)(H,54,55). The zero-order valence-electron chi connectivity index (χ0n) is 31.4. The van der Waals surface area contributed by atoms with Gasteiger partial charge in [0.1, 0.15) is 5.00 Å². The number of carbonyl (C=O) groups is 5. The Bertz CT molecular complexity index is 2080. The SMILES string of the molecule is O=C(O)CCC(=O)N1CCC(N(Cc2cccc(C(=O)Nc3sc4c(c3C(=O)Nc3ccc(CCc5ccc(C(=O)O)cc5)cc3)CCCC4)c2)C2CC2)CC1. The molecule has 7 rings (SSSR count). The molecule has 0 unspecified atom stereocenters. The van der Waals surface area contributed by atoms with Crippen molar-refractivity contribution < 1.29 is 34.2 Å². The maximum atomic E-state index is 13.9. The Balaban J connectivity index is 0.984. The predicted molar refractivity (Wildman–Crippen MR) is 216 cm³/mol. The molecule has 56 heavy (non-hydrogen) atoms. The molecule has 0 bridgehead atoms. The molecule has 12 heteroatoms. The van der Waals surface area contributed by atoms with Crippen molar-refractivity contribution in [2.45, 2.75) is 95.7 Å². The number of thiophene rings is 1. The van der Waals surface area contributed by atoms with Crippen LogP contribution < -0.4 is 10.6 Å². The van der Waals surface area contributed by atoms with E-state index in [4.69, 9.17) is 10.2 Å². The fourth-order valence-electron chi connectivity index (χ4n) is 7.92. The van der Waals surface area contributed by atoms with E-state index in [-0.39, 0.29) is 36.1 Å². The van der Waals surface area contributed by atoms with Gasteiger partial charge in [-0.2, -0.15) is 0 Å². The van der Waals surface area contributed by atoms with Gasteiger partial charge >= 0.3 is 11.9 Å². The fraction of sp³-hybridized carbons (Fsp3) is 0.386. The number of carboxylic acid groups (broad SMARTS) is 2. The first kappa shape index (κ1) is 38.9. The predicted octanol–water partition coefficient (Wildman–Crippen LogP) is 7.44. The van der Waals surface area contributed by atoms with Crippen molar-refractivity contribution >= 4 is 51.7 Å². The van der Waals surface area contributed by atoms with Crippen LogP contribution in [-0.2, 0) is 41.8 Å². The normalized spacial score (nSPS) is 15.6. The number of carboxylic acids is 2. The number of anilines is 2. The second kappa shape index (κ2) is 17.6. The van der Waals surface area contributed by atoms with E-state index in [1.54, 1.807) is 23.1 Å². The van der Waals surface area contributed by atoms with Crippen molar-refractivity contribution in [3.63, 3.8) is 0 Å². The van der Waals surface area contributed by atoms with E-state index in [0.29, 0.717) is 53.5 Å². The lowest BCUT2D eigenvalue weighted by Crippen LogP contribution is -2.47. The molecule has 2 fully saturated rings. The van der Waals surface area contributed by atoms with E-state index in [2.05, 4.69) is 15.5 Å². The number of nitrogens with one attached hydrogen (secondary N) is 2. The largest absolute Gasteiger partial charge is 0.481 e. The van der Waals surface area contributed by atoms with Gasteiger partial charge in [-0.25, -0.2) is 4.79 Å². The third-order valence-corrected chi connectivity index (χ3v) is 12.4. The van der Waals surface area contributed by atoms with Crippen molar-refractivity contribution in [3.8, 4) is 0 Å². The summed E-state index contributed by atoms with van der Waals surface area (Å²) in [5.74, 6) is -2.49. The Hall–Kier alpha value is -5.33. The highest BCUT2D eigenvalue weighted by Crippen LogP contribution is 2.39. The zero-order chi connectivity index (χ0) is 39.2. The van der Waals surface area contributed by atoms with Crippen molar-refractivity contribution in [3.05, 3.63) is 117 Å². The van der Waals surface area contributed by atoms with Gasteiger partial charge in [0.05, 0.1) is 17.5 Å². The molecule has 292 valence electrons. The molecule has 0 atom stereocenters. The second-order valence-electron chi connectivity index (χ2n) is 15.1. The number of nitrogens with zero attached hydrogens (tertiary/aromatic N) is 2. The number of aryl methyl sites for hydroxylation is 3. The van der Waals surface area contributed by atoms with E-state index < -0.39 is 11.9 Å². The summed E-state index contributed by atoms with van der Waals surface area (Å²) in [5, 5.41) is 24.9. The first-order valence-electron chi connectivity index (χ1n) is 19.6. The molecule has 0 spiro atoms. The van der Waals surface area contributed by atoms with E-state index in [1.807, 2.05) is 54.6 Å². The van der Waals surface area contributed by atoms with Crippen LogP contribution in [0.1, 0.15) is 110 Å². The molecule has 11 nitrogen and oxygen atoms in total. The highest BCUT2D eigenvalue weighted by atomic mass is 32.1. The third kappa shape index (κ3) is 9.72. The first-order valence-corrected chi connectivity index (χ1v) is 20.5. The van der Waals surface area contributed by atoms with Crippen molar-refractivity contribution in [2.24, 2.45) is 0 Å². The minimum Gasteiger partial charge on any atom is -0.481 e. The fourth-order valence-corrected chi connectivity index (χ4v) is 9.21. The number of piperidine rings is 1. The van der Waals surface area contributed by atoms with Crippen LogP contribution in [0.5, 0.6) is 0 Å². The average Bonchev–Trinajstić information content (AvgIpc) is 3.99. The van der Waals surface area contributed by atoms with Crippen LogP contribution in [0.15, 0.2) is 72.8 Å². The smallest absolute Gasteiger partial charge is 0.335 e. The number of aliphatic carboxylic acids is 1. The molecule has 1 saturated carbocycles. The van der Waals surface area contributed by atoms with Gasteiger partial charge in [0.15, 0.2) is 0 Å². The van der Waals surface area contributed by atoms with Gasteiger partial charge in [0, 0.05) is 54.3 Å². The molecular weight excluding hydrogens is 729 g/mol. The third-order valence-electron chi connectivity index (χ3n) is 11.1. The van der Waals surface area contributed by atoms with Crippen LogP contribution in [-0.4, -0.2) is 74.8 Å². The number of carbonyl (C=O) groups excluding carboxylic acids is 3. The number of rotatable bonds is 15. The number of amides is 3. The molecule has 1 aliphatic heterocycles. The summed E-state index contributed by atoms with van der Waals surface area (Å²) in [6, 6.07) is 23.1. The van der Waals surface area contributed by atoms with Crippen LogP contribution in [0, 0.1) is 0 Å². The molecule has 2 heterocycles. The van der Waals surface area contributed by atoms with E-state index in [0.717, 1.165) is 91.3 Å². The molecule has 4 N–H and O–H groups in total. The molecule has 1 saturated heterocycles.